The topological polar surface area (TPSA) is 61.9 Å². The van der Waals surface area contributed by atoms with E-state index in [1.54, 1.807) is 19.1 Å². The van der Waals surface area contributed by atoms with Crippen molar-refractivity contribution < 1.29 is 4.79 Å². The van der Waals surface area contributed by atoms with Gasteiger partial charge in [0, 0.05) is 11.1 Å². The van der Waals surface area contributed by atoms with Crippen molar-refractivity contribution in [1.82, 2.24) is 14.5 Å². The molecule has 5 nitrogen and oxygen atoms in total. The lowest BCUT2D eigenvalue weighted by Gasteiger charge is -2.24. The zero-order chi connectivity index (χ0) is 20.3. The standard InChI is InChI=1S/C23H22N4O/c1-5-8-17-9-7-10-18(15-28)22(17)27-21-13-16(14-24)11-12-19(21)25-23(27)20(6-2)26(3)4/h7,9-13,15,20H,6H2,1-4H3. The summed E-state index contributed by atoms with van der Waals surface area (Å²) in [5.41, 5.74) is 4.12. The molecule has 28 heavy (non-hydrogen) atoms. The van der Waals surface area contributed by atoms with Gasteiger partial charge in [0.2, 0.25) is 0 Å². The van der Waals surface area contributed by atoms with E-state index in [1.807, 2.05) is 42.9 Å². The van der Waals surface area contributed by atoms with Crippen LogP contribution in [0.5, 0.6) is 0 Å². The second kappa shape index (κ2) is 8.08. The summed E-state index contributed by atoms with van der Waals surface area (Å²) in [6.07, 6.45) is 1.69. The fourth-order valence-electron chi connectivity index (χ4n) is 3.54. The van der Waals surface area contributed by atoms with E-state index < -0.39 is 0 Å². The molecule has 2 aromatic carbocycles. The lowest BCUT2D eigenvalue weighted by molar-refractivity contribution is 0.112. The number of aromatic nitrogens is 2. The normalized spacial score (nSPS) is 11.7. The van der Waals surface area contributed by atoms with Gasteiger partial charge in [-0.15, -0.1) is 5.92 Å². The Hall–Kier alpha value is -3.41. The SMILES string of the molecule is CC#Cc1cccc(C=O)c1-n1c(C(CC)N(C)C)nc2ccc(C#N)cc21. The van der Waals surface area contributed by atoms with Gasteiger partial charge < -0.3 is 0 Å². The highest BCUT2D eigenvalue weighted by molar-refractivity contribution is 5.87. The molecule has 3 aromatic rings. The summed E-state index contributed by atoms with van der Waals surface area (Å²) in [5, 5.41) is 9.38. The predicted molar refractivity (Wildman–Crippen MR) is 110 cm³/mol. The molecular formula is C23H22N4O. The van der Waals surface area contributed by atoms with Gasteiger partial charge in [0.15, 0.2) is 6.29 Å². The molecule has 0 spiro atoms. The van der Waals surface area contributed by atoms with Crippen molar-refractivity contribution in [2.75, 3.05) is 14.1 Å². The average molecular weight is 370 g/mol. The maximum absolute atomic E-state index is 11.9. The number of nitrogens with zero attached hydrogens (tertiary/aromatic N) is 4. The van der Waals surface area contributed by atoms with Gasteiger partial charge in [0.1, 0.15) is 5.82 Å². The van der Waals surface area contributed by atoms with Crippen LogP contribution >= 0.6 is 0 Å². The number of nitriles is 1. The number of hydrogen-bond donors (Lipinski definition) is 0. The first-order chi connectivity index (χ1) is 13.5. The molecule has 0 saturated heterocycles. The lowest BCUT2D eigenvalue weighted by atomic mass is 10.1. The van der Waals surface area contributed by atoms with Crippen molar-refractivity contribution in [1.29, 1.82) is 5.26 Å². The van der Waals surface area contributed by atoms with Crippen molar-refractivity contribution in [2.45, 2.75) is 26.3 Å². The molecule has 0 amide bonds. The average Bonchev–Trinajstić information content (AvgIpc) is 3.05. The van der Waals surface area contributed by atoms with Crippen LogP contribution < -0.4 is 0 Å². The molecule has 0 aliphatic carbocycles. The molecule has 0 bridgehead atoms. The minimum Gasteiger partial charge on any atom is -0.300 e. The van der Waals surface area contributed by atoms with E-state index in [4.69, 9.17) is 4.98 Å². The molecule has 140 valence electrons. The number of imidazole rings is 1. The first-order valence-electron chi connectivity index (χ1n) is 9.15. The summed E-state index contributed by atoms with van der Waals surface area (Å²) < 4.78 is 1.99. The molecule has 3 rings (SSSR count). The molecule has 0 aliphatic heterocycles. The highest BCUT2D eigenvalue weighted by Crippen LogP contribution is 2.32. The van der Waals surface area contributed by atoms with Crippen LogP contribution in [0.1, 0.15) is 53.6 Å². The minimum atomic E-state index is 0.0417. The van der Waals surface area contributed by atoms with Crippen LogP contribution in [0.3, 0.4) is 0 Å². The lowest BCUT2D eigenvalue weighted by Crippen LogP contribution is -2.23. The highest BCUT2D eigenvalue weighted by atomic mass is 16.1. The van der Waals surface area contributed by atoms with Gasteiger partial charge in [-0.3, -0.25) is 14.3 Å². The van der Waals surface area contributed by atoms with E-state index in [2.05, 4.69) is 29.7 Å². The molecular weight excluding hydrogens is 348 g/mol. The highest BCUT2D eigenvalue weighted by Gasteiger charge is 2.24. The Morgan fingerprint density at radius 3 is 2.68 bits per heavy atom. The van der Waals surface area contributed by atoms with E-state index >= 15 is 0 Å². The van der Waals surface area contributed by atoms with Crippen LogP contribution in [0.15, 0.2) is 36.4 Å². The van der Waals surface area contributed by atoms with Crippen molar-refractivity contribution in [3.8, 4) is 23.6 Å². The number of rotatable bonds is 5. The van der Waals surface area contributed by atoms with Gasteiger partial charge in [-0.05, 0) is 57.8 Å². The van der Waals surface area contributed by atoms with Crippen molar-refractivity contribution >= 4 is 17.3 Å². The van der Waals surface area contributed by atoms with Crippen molar-refractivity contribution in [3.05, 3.63) is 58.9 Å². The van der Waals surface area contributed by atoms with Gasteiger partial charge in [-0.2, -0.15) is 5.26 Å². The Morgan fingerprint density at radius 2 is 2.07 bits per heavy atom. The van der Waals surface area contributed by atoms with Crippen LogP contribution in [-0.4, -0.2) is 34.8 Å². The number of aldehydes is 1. The van der Waals surface area contributed by atoms with Gasteiger partial charge in [-0.25, -0.2) is 4.98 Å². The number of carbonyl (C=O) groups excluding carboxylic acids is 1. The first kappa shape index (κ1) is 19.4. The second-order valence-corrected chi connectivity index (χ2v) is 6.74. The molecule has 1 heterocycles. The van der Waals surface area contributed by atoms with E-state index in [1.165, 1.54) is 0 Å². The summed E-state index contributed by atoms with van der Waals surface area (Å²) in [7, 11) is 4.02. The summed E-state index contributed by atoms with van der Waals surface area (Å²) in [6, 6.07) is 13.2. The summed E-state index contributed by atoms with van der Waals surface area (Å²) in [6.45, 7) is 3.88. The van der Waals surface area contributed by atoms with E-state index in [0.717, 1.165) is 35.1 Å². The van der Waals surface area contributed by atoms with Crippen LogP contribution in [0, 0.1) is 23.2 Å². The van der Waals surface area contributed by atoms with Gasteiger partial charge in [-0.1, -0.05) is 18.9 Å². The van der Waals surface area contributed by atoms with Crippen LogP contribution in [-0.2, 0) is 0 Å². The van der Waals surface area contributed by atoms with E-state index in [-0.39, 0.29) is 6.04 Å². The molecule has 0 aliphatic rings. The Balaban J connectivity index is 2.50. The molecule has 1 unspecified atom stereocenters. The number of carbonyl (C=O) groups is 1. The Kier molecular flexibility index (Phi) is 5.59. The molecule has 1 aromatic heterocycles. The maximum Gasteiger partial charge on any atom is 0.152 e. The number of para-hydroxylation sites is 1. The molecule has 0 N–H and O–H groups in total. The largest absolute Gasteiger partial charge is 0.300 e. The monoisotopic (exact) mass is 370 g/mol. The van der Waals surface area contributed by atoms with Crippen molar-refractivity contribution in [2.24, 2.45) is 0 Å². The maximum atomic E-state index is 11.9. The molecule has 5 heteroatoms. The quantitative estimate of drug-likeness (QED) is 0.501. The number of hydrogen-bond acceptors (Lipinski definition) is 4. The Morgan fingerprint density at radius 1 is 1.29 bits per heavy atom. The Labute approximate surface area is 165 Å². The van der Waals surface area contributed by atoms with Crippen LogP contribution in [0.2, 0.25) is 0 Å². The Bertz CT molecular complexity index is 1140. The smallest absolute Gasteiger partial charge is 0.152 e. The molecule has 0 saturated carbocycles. The fraction of sp³-hybridized carbons (Fsp3) is 0.261. The van der Waals surface area contributed by atoms with Crippen LogP contribution in [0.25, 0.3) is 16.7 Å². The second-order valence-electron chi connectivity index (χ2n) is 6.74. The molecule has 0 fully saturated rings. The summed E-state index contributed by atoms with van der Waals surface area (Å²) >= 11 is 0. The van der Waals surface area contributed by atoms with Gasteiger partial charge >= 0.3 is 0 Å². The first-order valence-corrected chi connectivity index (χ1v) is 9.15. The number of fused-ring (bicyclic) bond motifs is 1. The number of benzene rings is 2. The zero-order valence-corrected chi connectivity index (χ0v) is 16.5. The predicted octanol–water partition coefficient (Wildman–Crippen LogP) is 4.09. The zero-order valence-electron chi connectivity index (χ0n) is 16.5. The van der Waals surface area contributed by atoms with E-state index in [0.29, 0.717) is 16.8 Å². The van der Waals surface area contributed by atoms with Gasteiger partial charge in [0.05, 0.1) is 34.4 Å². The van der Waals surface area contributed by atoms with Crippen molar-refractivity contribution in [3.63, 3.8) is 0 Å². The summed E-state index contributed by atoms with van der Waals surface area (Å²) in [5.74, 6) is 6.87. The molecule has 0 radical (unpaired) electrons. The van der Waals surface area contributed by atoms with Gasteiger partial charge in [0.25, 0.3) is 0 Å². The third-order valence-corrected chi connectivity index (χ3v) is 4.80. The third-order valence-electron chi connectivity index (χ3n) is 4.80. The van der Waals surface area contributed by atoms with Crippen LogP contribution in [0.4, 0.5) is 0 Å². The molecule has 1 atom stereocenters. The third kappa shape index (κ3) is 3.29. The van der Waals surface area contributed by atoms with E-state index in [9.17, 15) is 10.1 Å². The summed E-state index contributed by atoms with van der Waals surface area (Å²) in [4.78, 5) is 18.9. The fourth-order valence-corrected chi connectivity index (χ4v) is 3.54. The minimum absolute atomic E-state index is 0.0417.